The van der Waals surface area contributed by atoms with Crippen LogP contribution in [-0.2, 0) is 4.79 Å². The van der Waals surface area contributed by atoms with E-state index in [2.05, 4.69) is 10.6 Å². The van der Waals surface area contributed by atoms with Crippen LogP contribution in [0.15, 0.2) is 24.3 Å². The van der Waals surface area contributed by atoms with E-state index >= 15 is 0 Å². The van der Waals surface area contributed by atoms with Crippen molar-refractivity contribution in [2.45, 2.75) is 39.7 Å². The molecule has 3 N–H and O–H groups in total. The molecule has 2 rings (SSSR count). The molecule has 6 heteroatoms. The second-order valence-electron chi connectivity index (χ2n) is 7.45. The van der Waals surface area contributed by atoms with E-state index in [1.54, 1.807) is 12.1 Å². The first-order valence-corrected chi connectivity index (χ1v) is 8.09. The summed E-state index contributed by atoms with van der Waals surface area (Å²) in [5.41, 5.74) is 0.798. The molecule has 2 amide bonds. The highest BCUT2D eigenvalue weighted by Crippen LogP contribution is 2.32. The van der Waals surface area contributed by atoms with Crippen LogP contribution in [0.3, 0.4) is 0 Å². The molecule has 1 aromatic rings. The second kappa shape index (κ2) is 7.03. The monoisotopic (exact) mass is 332 g/mol. The molecule has 0 radical (unpaired) electrons. The normalized spacial score (nSPS) is 15.5. The zero-order valence-corrected chi connectivity index (χ0v) is 14.3. The quantitative estimate of drug-likeness (QED) is 0.743. The van der Waals surface area contributed by atoms with Crippen molar-refractivity contribution >= 4 is 17.8 Å². The number of benzene rings is 1. The van der Waals surface area contributed by atoms with Crippen molar-refractivity contribution in [2.75, 3.05) is 6.54 Å². The average Bonchev–Trinajstić information content (AvgIpc) is 3.33. The molecule has 0 bridgehead atoms. The number of aliphatic carboxylic acids is 1. The van der Waals surface area contributed by atoms with Gasteiger partial charge < -0.3 is 15.7 Å². The molecule has 1 fully saturated rings. The van der Waals surface area contributed by atoms with Gasteiger partial charge in [0, 0.05) is 17.7 Å². The van der Waals surface area contributed by atoms with E-state index in [0.29, 0.717) is 17.7 Å². The lowest BCUT2D eigenvalue weighted by molar-refractivity contribution is -0.139. The summed E-state index contributed by atoms with van der Waals surface area (Å²) < 4.78 is 0. The van der Waals surface area contributed by atoms with E-state index < -0.39 is 17.9 Å². The van der Waals surface area contributed by atoms with Gasteiger partial charge in [0.05, 0.1) is 0 Å². The molecular weight excluding hydrogens is 308 g/mol. The number of amides is 2. The van der Waals surface area contributed by atoms with Gasteiger partial charge in [0.1, 0.15) is 6.04 Å². The fraction of sp³-hybridized carbons (Fsp3) is 0.500. The topological polar surface area (TPSA) is 95.5 Å². The maximum atomic E-state index is 12.2. The first kappa shape index (κ1) is 18.0. The first-order chi connectivity index (χ1) is 11.2. The van der Waals surface area contributed by atoms with Gasteiger partial charge in [-0.25, -0.2) is 4.79 Å². The van der Waals surface area contributed by atoms with E-state index in [1.807, 2.05) is 20.8 Å². The van der Waals surface area contributed by atoms with E-state index in [4.69, 9.17) is 5.11 Å². The number of nitrogens with one attached hydrogen (secondary N) is 2. The highest BCUT2D eigenvalue weighted by atomic mass is 16.4. The third-order valence-corrected chi connectivity index (χ3v) is 3.83. The van der Waals surface area contributed by atoms with E-state index in [0.717, 1.165) is 12.8 Å². The van der Waals surface area contributed by atoms with E-state index in [9.17, 15) is 14.4 Å². The SMILES string of the molecule is CC(C)(C)CNC(=O)c1ccc(C(=O)NC(C(=O)O)C2CC2)cc1. The minimum absolute atomic E-state index is 0.00978. The van der Waals surface area contributed by atoms with Gasteiger partial charge in [-0.3, -0.25) is 9.59 Å². The van der Waals surface area contributed by atoms with E-state index in [-0.39, 0.29) is 17.2 Å². The molecule has 1 aliphatic carbocycles. The largest absolute Gasteiger partial charge is 0.480 e. The van der Waals surface area contributed by atoms with Crippen LogP contribution in [0.5, 0.6) is 0 Å². The number of hydrogen-bond acceptors (Lipinski definition) is 3. The van der Waals surface area contributed by atoms with Crippen LogP contribution >= 0.6 is 0 Å². The van der Waals surface area contributed by atoms with Gasteiger partial charge >= 0.3 is 5.97 Å². The minimum atomic E-state index is -1.01. The van der Waals surface area contributed by atoms with Crippen LogP contribution in [0.1, 0.15) is 54.3 Å². The molecule has 1 aliphatic rings. The van der Waals surface area contributed by atoms with E-state index in [1.165, 1.54) is 12.1 Å². The average molecular weight is 332 g/mol. The number of rotatable bonds is 6. The van der Waals surface area contributed by atoms with Crippen LogP contribution in [0, 0.1) is 11.3 Å². The van der Waals surface area contributed by atoms with Gasteiger partial charge in [-0.1, -0.05) is 20.8 Å². The van der Waals surface area contributed by atoms with Crippen molar-refractivity contribution < 1.29 is 19.5 Å². The fourth-order valence-corrected chi connectivity index (χ4v) is 2.26. The molecule has 0 aliphatic heterocycles. The summed E-state index contributed by atoms with van der Waals surface area (Å²) in [6.45, 7) is 6.63. The molecule has 130 valence electrons. The fourth-order valence-electron chi connectivity index (χ4n) is 2.26. The number of carbonyl (C=O) groups excluding carboxylic acids is 2. The van der Waals surface area contributed by atoms with Gasteiger partial charge in [-0.15, -0.1) is 0 Å². The van der Waals surface area contributed by atoms with Gasteiger partial charge in [0.2, 0.25) is 0 Å². The molecule has 1 saturated carbocycles. The molecular formula is C18H24N2O4. The first-order valence-electron chi connectivity index (χ1n) is 8.09. The summed E-state index contributed by atoms with van der Waals surface area (Å²) in [6, 6.07) is 5.37. The lowest BCUT2D eigenvalue weighted by Crippen LogP contribution is -2.42. The smallest absolute Gasteiger partial charge is 0.326 e. The zero-order valence-electron chi connectivity index (χ0n) is 14.3. The van der Waals surface area contributed by atoms with Crippen molar-refractivity contribution in [2.24, 2.45) is 11.3 Å². The summed E-state index contributed by atoms with van der Waals surface area (Å²) in [7, 11) is 0. The zero-order chi connectivity index (χ0) is 17.9. The molecule has 0 saturated heterocycles. The second-order valence-corrected chi connectivity index (χ2v) is 7.45. The Morgan fingerprint density at radius 1 is 1.08 bits per heavy atom. The molecule has 6 nitrogen and oxygen atoms in total. The Balaban J connectivity index is 1.96. The third-order valence-electron chi connectivity index (χ3n) is 3.83. The number of carbonyl (C=O) groups is 3. The molecule has 0 spiro atoms. The van der Waals surface area contributed by atoms with Crippen molar-refractivity contribution in [3.8, 4) is 0 Å². The molecule has 0 aromatic heterocycles. The Kier molecular flexibility index (Phi) is 5.26. The van der Waals surface area contributed by atoms with Crippen molar-refractivity contribution in [3.05, 3.63) is 35.4 Å². The number of hydrogen-bond donors (Lipinski definition) is 3. The van der Waals surface area contributed by atoms with Crippen LogP contribution in [0.2, 0.25) is 0 Å². The summed E-state index contributed by atoms with van der Waals surface area (Å²) in [4.78, 5) is 35.4. The predicted octanol–water partition coefficient (Wildman–Crippen LogP) is 2.06. The Morgan fingerprint density at radius 2 is 1.58 bits per heavy atom. The summed E-state index contributed by atoms with van der Waals surface area (Å²) >= 11 is 0. The van der Waals surface area contributed by atoms with Crippen LogP contribution in [-0.4, -0.2) is 35.5 Å². The van der Waals surface area contributed by atoms with Gasteiger partial charge in [0.25, 0.3) is 11.8 Å². The lowest BCUT2D eigenvalue weighted by atomic mass is 9.97. The summed E-state index contributed by atoms with van der Waals surface area (Å²) in [5.74, 6) is -1.62. The third kappa shape index (κ3) is 5.08. The maximum Gasteiger partial charge on any atom is 0.326 e. The predicted molar refractivity (Wildman–Crippen MR) is 89.8 cm³/mol. The Bertz CT molecular complexity index is 627. The maximum absolute atomic E-state index is 12.2. The summed E-state index contributed by atoms with van der Waals surface area (Å²) in [6.07, 6.45) is 1.65. The Morgan fingerprint density at radius 3 is 2.00 bits per heavy atom. The molecule has 1 atom stereocenters. The highest BCUT2D eigenvalue weighted by Gasteiger charge is 2.37. The minimum Gasteiger partial charge on any atom is -0.480 e. The lowest BCUT2D eigenvalue weighted by Gasteiger charge is -2.18. The molecule has 0 heterocycles. The Labute approximate surface area is 141 Å². The van der Waals surface area contributed by atoms with Crippen molar-refractivity contribution in [3.63, 3.8) is 0 Å². The van der Waals surface area contributed by atoms with Crippen molar-refractivity contribution in [1.82, 2.24) is 10.6 Å². The summed E-state index contributed by atoms with van der Waals surface area (Å²) in [5, 5.41) is 14.5. The van der Waals surface area contributed by atoms with Gasteiger partial charge in [-0.2, -0.15) is 0 Å². The van der Waals surface area contributed by atoms with Gasteiger partial charge in [0.15, 0.2) is 0 Å². The highest BCUT2D eigenvalue weighted by molar-refractivity contribution is 5.99. The standard InChI is InChI=1S/C18H24N2O4/c1-18(2,3)10-19-15(21)12-6-8-13(9-7-12)16(22)20-14(17(23)24)11-4-5-11/h6-9,11,14H,4-5,10H2,1-3H3,(H,19,21)(H,20,22)(H,23,24). The molecule has 24 heavy (non-hydrogen) atoms. The van der Waals surface area contributed by atoms with Crippen LogP contribution in [0.4, 0.5) is 0 Å². The Hall–Kier alpha value is -2.37. The van der Waals surface area contributed by atoms with Crippen molar-refractivity contribution in [1.29, 1.82) is 0 Å². The number of carboxylic acids is 1. The molecule has 1 unspecified atom stereocenters. The van der Waals surface area contributed by atoms with Crippen LogP contribution in [0.25, 0.3) is 0 Å². The molecule has 1 aromatic carbocycles. The number of carboxylic acid groups (broad SMARTS) is 1. The van der Waals surface area contributed by atoms with Crippen LogP contribution < -0.4 is 10.6 Å². The van der Waals surface area contributed by atoms with Gasteiger partial charge in [-0.05, 0) is 48.4 Å².